The van der Waals surface area contributed by atoms with Crippen molar-refractivity contribution in [2.24, 2.45) is 0 Å². The molecule has 1 saturated heterocycles. The molecule has 1 fully saturated rings. The zero-order valence-electron chi connectivity index (χ0n) is 13.5. The second-order valence-electron chi connectivity index (χ2n) is 5.79. The number of aromatic nitrogens is 1. The standard InChI is InChI=1S/C17H20N2O3S/c1-10-14(17(21)22-3)11(2)18-15(10)16(20)19-8-4-6-12(19)13-7-5-9-23-13/h5,7,9,12,18H,4,6,8H2,1-3H3/t12-/m0/s1. The van der Waals surface area contributed by atoms with Crippen molar-refractivity contribution in [3.8, 4) is 0 Å². The number of esters is 1. The average Bonchev–Trinajstić information content (AvgIpc) is 3.25. The Kier molecular flexibility index (Phi) is 4.26. The maximum atomic E-state index is 13.0. The number of carbonyl (C=O) groups excluding carboxylic acids is 2. The highest BCUT2D eigenvalue weighted by Gasteiger charge is 2.33. The summed E-state index contributed by atoms with van der Waals surface area (Å²) < 4.78 is 4.81. The number of nitrogens with zero attached hydrogens (tertiary/aromatic N) is 1. The largest absolute Gasteiger partial charge is 0.465 e. The van der Waals surface area contributed by atoms with Crippen molar-refractivity contribution in [1.29, 1.82) is 0 Å². The van der Waals surface area contributed by atoms with Crippen LogP contribution in [0.4, 0.5) is 0 Å². The van der Waals surface area contributed by atoms with Gasteiger partial charge in [0.1, 0.15) is 5.69 Å². The third-order valence-corrected chi connectivity index (χ3v) is 5.40. The molecule has 2 aromatic rings. The quantitative estimate of drug-likeness (QED) is 0.876. The molecule has 0 spiro atoms. The number of nitrogens with one attached hydrogen (secondary N) is 1. The van der Waals surface area contributed by atoms with E-state index in [1.807, 2.05) is 16.3 Å². The van der Waals surface area contributed by atoms with E-state index in [4.69, 9.17) is 4.74 Å². The number of hydrogen-bond donors (Lipinski definition) is 1. The minimum Gasteiger partial charge on any atom is -0.465 e. The number of likely N-dealkylation sites (tertiary alicyclic amines) is 1. The molecule has 0 aliphatic carbocycles. The molecule has 3 rings (SSSR count). The number of aryl methyl sites for hydroxylation is 1. The summed E-state index contributed by atoms with van der Waals surface area (Å²) in [5, 5.41) is 2.04. The minimum absolute atomic E-state index is 0.0448. The van der Waals surface area contributed by atoms with Gasteiger partial charge < -0.3 is 14.6 Å². The number of rotatable bonds is 3. The Bertz CT molecular complexity index is 733. The normalized spacial score (nSPS) is 17.5. The summed E-state index contributed by atoms with van der Waals surface area (Å²) in [5.74, 6) is -0.455. The van der Waals surface area contributed by atoms with Crippen LogP contribution in [-0.2, 0) is 4.74 Å². The highest BCUT2D eigenvalue weighted by molar-refractivity contribution is 7.10. The molecular formula is C17H20N2O3S. The Labute approximate surface area is 139 Å². The van der Waals surface area contributed by atoms with E-state index in [1.165, 1.54) is 12.0 Å². The van der Waals surface area contributed by atoms with Crippen molar-refractivity contribution in [1.82, 2.24) is 9.88 Å². The Morgan fingerprint density at radius 2 is 2.17 bits per heavy atom. The van der Waals surface area contributed by atoms with Gasteiger partial charge >= 0.3 is 5.97 Å². The van der Waals surface area contributed by atoms with Gasteiger partial charge in [-0.3, -0.25) is 4.79 Å². The lowest BCUT2D eigenvalue weighted by atomic mass is 10.1. The van der Waals surface area contributed by atoms with E-state index in [9.17, 15) is 9.59 Å². The number of methoxy groups -OCH3 is 1. The first-order chi connectivity index (χ1) is 11.0. The Balaban J connectivity index is 1.93. The average molecular weight is 332 g/mol. The van der Waals surface area contributed by atoms with Crippen molar-refractivity contribution >= 4 is 23.2 Å². The first-order valence-electron chi connectivity index (χ1n) is 7.66. The maximum absolute atomic E-state index is 13.0. The molecular weight excluding hydrogens is 312 g/mol. The van der Waals surface area contributed by atoms with Crippen LogP contribution in [0.2, 0.25) is 0 Å². The number of thiophene rings is 1. The summed E-state index contributed by atoms with van der Waals surface area (Å²) in [6.07, 6.45) is 1.98. The predicted octanol–water partition coefficient (Wildman–Crippen LogP) is 3.46. The fourth-order valence-corrected chi connectivity index (χ4v) is 4.18. The van der Waals surface area contributed by atoms with Gasteiger partial charge in [-0.1, -0.05) is 6.07 Å². The van der Waals surface area contributed by atoms with Crippen molar-refractivity contribution in [2.75, 3.05) is 13.7 Å². The molecule has 1 atom stereocenters. The van der Waals surface area contributed by atoms with Gasteiger partial charge in [0, 0.05) is 17.1 Å². The number of hydrogen-bond acceptors (Lipinski definition) is 4. The lowest BCUT2D eigenvalue weighted by Crippen LogP contribution is -2.31. The molecule has 5 nitrogen and oxygen atoms in total. The van der Waals surface area contributed by atoms with E-state index in [0.717, 1.165) is 19.4 Å². The Morgan fingerprint density at radius 1 is 1.39 bits per heavy atom. The zero-order chi connectivity index (χ0) is 16.6. The van der Waals surface area contributed by atoms with E-state index < -0.39 is 5.97 Å². The van der Waals surface area contributed by atoms with Crippen molar-refractivity contribution < 1.29 is 14.3 Å². The maximum Gasteiger partial charge on any atom is 0.339 e. The van der Waals surface area contributed by atoms with Crippen LogP contribution in [0.1, 0.15) is 55.9 Å². The summed E-state index contributed by atoms with van der Waals surface area (Å²) in [4.78, 5) is 31.1. The van der Waals surface area contributed by atoms with E-state index in [1.54, 1.807) is 25.2 Å². The Hall–Kier alpha value is -2.08. The topological polar surface area (TPSA) is 62.4 Å². The van der Waals surface area contributed by atoms with E-state index >= 15 is 0 Å². The van der Waals surface area contributed by atoms with Gasteiger partial charge in [-0.25, -0.2) is 4.79 Å². The van der Waals surface area contributed by atoms with Crippen LogP contribution in [0.5, 0.6) is 0 Å². The molecule has 1 N–H and O–H groups in total. The molecule has 1 aliphatic rings. The molecule has 0 saturated carbocycles. The van der Waals surface area contributed by atoms with Gasteiger partial charge in [-0.15, -0.1) is 11.3 Å². The number of amides is 1. The van der Waals surface area contributed by atoms with Gasteiger partial charge in [0.25, 0.3) is 5.91 Å². The number of aromatic amines is 1. The monoisotopic (exact) mass is 332 g/mol. The molecule has 0 radical (unpaired) electrons. The zero-order valence-corrected chi connectivity index (χ0v) is 14.3. The molecule has 0 bridgehead atoms. The molecule has 0 aromatic carbocycles. The summed E-state index contributed by atoms with van der Waals surface area (Å²) in [6.45, 7) is 4.32. The smallest absolute Gasteiger partial charge is 0.339 e. The summed E-state index contributed by atoms with van der Waals surface area (Å²) in [5.41, 5.74) is 2.29. The summed E-state index contributed by atoms with van der Waals surface area (Å²) in [7, 11) is 1.35. The van der Waals surface area contributed by atoms with Crippen LogP contribution in [-0.4, -0.2) is 35.4 Å². The lowest BCUT2D eigenvalue weighted by molar-refractivity contribution is 0.0599. The van der Waals surface area contributed by atoms with Gasteiger partial charge in [0.05, 0.1) is 18.7 Å². The summed E-state index contributed by atoms with van der Waals surface area (Å²) in [6, 6.07) is 4.22. The first-order valence-corrected chi connectivity index (χ1v) is 8.54. The van der Waals surface area contributed by atoms with Crippen molar-refractivity contribution in [3.63, 3.8) is 0 Å². The molecule has 6 heteroatoms. The second-order valence-corrected chi connectivity index (χ2v) is 6.77. The van der Waals surface area contributed by atoms with E-state index in [0.29, 0.717) is 22.5 Å². The van der Waals surface area contributed by atoms with Crippen LogP contribution in [0.25, 0.3) is 0 Å². The molecule has 0 unspecified atom stereocenters. The lowest BCUT2D eigenvalue weighted by Gasteiger charge is -2.23. The fourth-order valence-electron chi connectivity index (χ4n) is 3.30. The number of carbonyl (C=O) groups is 2. The molecule has 23 heavy (non-hydrogen) atoms. The third-order valence-electron chi connectivity index (χ3n) is 4.43. The summed E-state index contributed by atoms with van der Waals surface area (Å²) >= 11 is 1.68. The molecule has 1 amide bonds. The van der Waals surface area contributed by atoms with Crippen LogP contribution >= 0.6 is 11.3 Å². The SMILES string of the molecule is COC(=O)c1c(C)[nH]c(C(=O)N2CCC[C@H]2c2cccs2)c1C. The predicted molar refractivity (Wildman–Crippen MR) is 88.9 cm³/mol. The fraction of sp³-hybridized carbons (Fsp3) is 0.412. The number of ether oxygens (including phenoxy) is 1. The third kappa shape index (κ3) is 2.67. The first kappa shape index (κ1) is 15.8. The van der Waals surface area contributed by atoms with Gasteiger partial charge in [0.15, 0.2) is 0 Å². The molecule has 2 aromatic heterocycles. The van der Waals surface area contributed by atoms with Crippen LogP contribution in [0.3, 0.4) is 0 Å². The molecule has 1 aliphatic heterocycles. The van der Waals surface area contributed by atoms with E-state index in [2.05, 4.69) is 11.1 Å². The van der Waals surface area contributed by atoms with Crippen LogP contribution in [0.15, 0.2) is 17.5 Å². The number of H-pyrrole nitrogens is 1. The molecule has 3 heterocycles. The highest BCUT2D eigenvalue weighted by Crippen LogP contribution is 2.36. The van der Waals surface area contributed by atoms with Gasteiger partial charge in [-0.2, -0.15) is 0 Å². The Morgan fingerprint density at radius 3 is 2.83 bits per heavy atom. The molecule has 122 valence electrons. The highest BCUT2D eigenvalue weighted by atomic mass is 32.1. The van der Waals surface area contributed by atoms with Gasteiger partial charge in [0.2, 0.25) is 0 Å². The minimum atomic E-state index is -0.411. The van der Waals surface area contributed by atoms with Crippen LogP contribution < -0.4 is 0 Å². The van der Waals surface area contributed by atoms with Crippen molar-refractivity contribution in [3.05, 3.63) is 44.9 Å². The van der Waals surface area contributed by atoms with Crippen LogP contribution in [0, 0.1) is 13.8 Å². The van der Waals surface area contributed by atoms with Gasteiger partial charge in [-0.05, 0) is 43.7 Å². The van der Waals surface area contributed by atoms with E-state index in [-0.39, 0.29) is 11.9 Å². The van der Waals surface area contributed by atoms with Crippen molar-refractivity contribution in [2.45, 2.75) is 32.7 Å². The second kappa shape index (κ2) is 6.20.